The zero-order chi connectivity index (χ0) is 17.6. The summed E-state index contributed by atoms with van der Waals surface area (Å²) in [7, 11) is 0. The Hall–Kier alpha value is -1.77. The van der Waals surface area contributed by atoms with Crippen LogP contribution in [0.5, 0.6) is 0 Å². The molecule has 1 fully saturated rings. The Labute approximate surface area is 151 Å². The average Bonchev–Trinajstić information content (AvgIpc) is 2.98. The molecule has 1 saturated heterocycles. The lowest BCUT2D eigenvalue weighted by Crippen LogP contribution is -2.59. The van der Waals surface area contributed by atoms with Gasteiger partial charge in [-0.25, -0.2) is 9.78 Å². The fraction of sp³-hybridized carbons (Fsp3) is 0.357. The fourth-order valence-corrected chi connectivity index (χ4v) is 3.77. The monoisotopic (exact) mass is 388 g/mol. The van der Waals surface area contributed by atoms with Crippen molar-refractivity contribution < 1.29 is 14.7 Å². The summed E-state index contributed by atoms with van der Waals surface area (Å²) in [6, 6.07) is -0.0616. The number of hydrogen-bond acceptors (Lipinski definition) is 5. The predicted octanol–water partition coefficient (Wildman–Crippen LogP) is 2.71. The van der Waals surface area contributed by atoms with Gasteiger partial charge in [0.15, 0.2) is 5.13 Å². The zero-order valence-electron chi connectivity index (χ0n) is 12.8. The van der Waals surface area contributed by atoms with Gasteiger partial charge in [-0.05, 0) is 13.8 Å². The van der Waals surface area contributed by atoms with Crippen LogP contribution in [0.1, 0.15) is 31.5 Å². The summed E-state index contributed by atoms with van der Waals surface area (Å²) in [5.41, 5.74) is 1.38. The number of rotatable bonds is 4. The molecule has 128 valence electrons. The summed E-state index contributed by atoms with van der Waals surface area (Å²) in [6.07, 6.45) is 0. The van der Waals surface area contributed by atoms with Gasteiger partial charge in [0, 0.05) is 18.8 Å². The molecule has 2 aromatic heterocycles. The maximum atomic E-state index is 12.2. The maximum Gasteiger partial charge on any atom is 0.347 e. The molecular weight excluding hydrogens is 375 g/mol. The van der Waals surface area contributed by atoms with E-state index in [1.807, 2.05) is 4.90 Å². The van der Waals surface area contributed by atoms with Gasteiger partial charge in [0.25, 0.3) is 5.91 Å². The lowest BCUT2D eigenvalue weighted by atomic mass is 10.1. The smallest absolute Gasteiger partial charge is 0.347 e. The molecule has 0 saturated carbocycles. The third kappa shape index (κ3) is 2.97. The first-order valence-electron chi connectivity index (χ1n) is 7.08. The van der Waals surface area contributed by atoms with E-state index in [0.717, 1.165) is 11.3 Å². The van der Waals surface area contributed by atoms with E-state index in [2.05, 4.69) is 15.3 Å². The predicted molar refractivity (Wildman–Crippen MR) is 92.8 cm³/mol. The van der Waals surface area contributed by atoms with Gasteiger partial charge in [0.1, 0.15) is 10.6 Å². The van der Waals surface area contributed by atoms with Crippen molar-refractivity contribution in [2.45, 2.75) is 19.9 Å². The highest BCUT2D eigenvalue weighted by Crippen LogP contribution is 2.31. The second-order valence-electron chi connectivity index (χ2n) is 5.54. The van der Waals surface area contributed by atoms with E-state index in [1.54, 1.807) is 13.8 Å². The summed E-state index contributed by atoms with van der Waals surface area (Å²) in [6.45, 7) is 4.52. The summed E-state index contributed by atoms with van der Waals surface area (Å²) in [5.74, 6) is -1.29. The molecular formula is C14H14Cl2N4O3S. The summed E-state index contributed by atoms with van der Waals surface area (Å²) in [5, 5.41) is 13.1. The van der Waals surface area contributed by atoms with Gasteiger partial charge in [-0.3, -0.25) is 4.79 Å². The molecule has 0 bridgehead atoms. The fourth-order valence-electron chi connectivity index (χ4n) is 2.43. The van der Waals surface area contributed by atoms with Crippen LogP contribution in [0.2, 0.25) is 10.0 Å². The second-order valence-corrected chi connectivity index (χ2v) is 7.28. The number of carbonyl (C=O) groups is 2. The van der Waals surface area contributed by atoms with Gasteiger partial charge in [0.05, 0.1) is 21.8 Å². The van der Waals surface area contributed by atoms with Gasteiger partial charge >= 0.3 is 5.97 Å². The zero-order valence-corrected chi connectivity index (χ0v) is 15.1. The van der Waals surface area contributed by atoms with E-state index >= 15 is 0 Å². The molecule has 3 N–H and O–H groups in total. The largest absolute Gasteiger partial charge is 0.477 e. The van der Waals surface area contributed by atoms with Crippen LogP contribution < -0.4 is 10.2 Å². The van der Waals surface area contributed by atoms with Crippen molar-refractivity contribution in [1.29, 1.82) is 0 Å². The van der Waals surface area contributed by atoms with E-state index in [0.29, 0.717) is 34.6 Å². The van der Waals surface area contributed by atoms with Gasteiger partial charge in [-0.1, -0.05) is 34.5 Å². The van der Waals surface area contributed by atoms with E-state index < -0.39 is 5.97 Å². The van der Waals surface area contributed by atoms with Gasteiger partial charge < -0.3 is 20.3 Å². The summed E-state index contributed by atoms with van der Waals surface area (Å²) < 4.78 is 0. The maximum absolute atomic E-state index is 12.2. The number of nitrogens with zero attached hydrogens (tertiary/aromatic N) is 2. The van der Waals surface area contributed by atoms with Crippen LogP contribution in [0.4, 0.5) is 5.13 Å². The number of nitrogens with one attached hydrogen (secondary N) is 2. The molecule has 0 aromatic carbocycles. The Bertz CT molecular complexity index is 826. The van der Waals surface area contributed by atoms with E-state index in [9.17, 15) is 9.59 Å². The minimum atomic E-state index is -0.977. The standard InChI is InChI=1S/C14H14Cl2N4O3S/c1-5-8(15)9(16)10(17-5)12(21)19-7-3-20(4-7)14-18-6(2)11(24-14)13(22)23/h7,17H,3-4H2,1-2H3,(H,19,21)(H,22,23). The first-order chi connectivity index (χ1) is 11.3. The highest BCUT2D eigenvalue weighted by atomic mass is 35.5. The highest BCUT2D eigenvalue weighted by Gasteiger charge is 2.32. The van der Waals surface area contributed by atoms with Crippen molar-refractivity contribution in [3.05, 3.63) is 32.0 Å². The third-order valence-electron chi connectivity index (χ3n) is 3.75. The minimum absolute atomic E-state index is 0.0616. The lowest BCUT2D eigenvalue weighted by molar-refractivity contribution is 0.0700. The quantitative estimate of drug-likeness (QED) is 0.747. The normalized spacial score (nSPS) is 14.6. The van der Waals surface area contributed by atoms with Crippen LogP contribution in [-0.4, -0.2) is 46.1 Å². The van der Waals surface area contributed by atoms with Crippen molar-refractivity contribution in [2.24, 2.45) is 0 Å². The number of carboxylic acid groups (broad SMARTS) is 1. The number of anilines is 1. The van der Waals surface area contributed by atoms with Gasteiger partial charge in [-0.2, -0.15) is 0 Å². The number of aromatic nitrogens is 2. The SMILES string of the molecule is Cc1nc(N2CC(NC(=O)c3[nH]c(C)c(Cl)c3Cl)C2)sc1C(=O)O. The van der Waals surface area contributed by atoms with Crippen LogP contribution in [0, 0.1) is 13.8 Å². The number of hydrogen-bond donors (Lipinski definition) is 3. The Kier molecular flexibility index (Phi) is 4.46. The molecule has 1 aliphatic rings. The Balaban J connectivity index is 1.61. The van der Waals surface area contributed by atoms with Crippen molar-refractivity contribution in [1.82, 2.24) is 15.3 Å². The van der Waals surface area contributed by atoms with Crippen LogP contribution in [0.25, 0.3) is 0 Å². The van der Waals surface area contributed by atoms with E-state index in [4.69, 9.17) is 28.3 Å². The molecule has 24 heavy (non-hydrogen) atoms. The van der Waals surface area contributed by atoms with Crippen molar-refractivity contribution in [3.8, 4) is 0 Å². The summed E-state index contributed by atoms with van der Waals surface area (Å²) in [4.78, 5) is 32.6. The number of aromatic carboxylic acids is 1. The van der Waals surface area contributed by atoms with Gasteiger partial charge in [0.2, 0.25) is 0 Å². The van der Waals surface area contributed by atoms with E-state index in [1.165, 1.54) is 0 Å². The number of carboxylic acids is 1. The van der Waals surface area contributed by atoms with Crippen molar-refractivity contribution in [2.75, 3.05) is 18.0 Å². The van der Waals surface area contributed by atoms with Crippen LogP contribution in [-0.2, 0) is 0 Å². The van der Waals surface area contributed by atoms with Gasteiger partial charge in [-0.15, -0.1) is 0 Å². The molecule has 7 nitrogen and oxygen atoms in total. The Morgan fingerprint density at radius 3 is 2.50 bits per heavy atom. The Morgan fingerprint density at radius 1 is 1.33 bits per heavy atom. The number of aromatic amines is 1. The molecule has 0 atom stereocenters. The van der Waals surface area contributed by atoms with Crippen molar-refractivity contribution >= 4 is 51.5 Å². The number of carbonyl (C=O) groups excluding carboxylic acids is 1. The molecule has 0 radical (unpaired) electrons. The lowest BCUT2D eigenvalue weighted by Gasteiger charge is -2.39. The number of aryl methyl sites for hydroxylation is 2. The molecule has 10 heteroatoms. The molecule has 3 heterocycles. The number of H-pyrrole nitrogens is 1. The minimum Gasteiger partial charge on any atom is -0.477 e. The topological polar surface area (TPSA) is 98.3 Å². The number of thiazole rings is 1. The first-order valence-corrected chi connectivity index (χ1v) is 8.65. The first kappa shape index (κ1) is 17.1. The molecule has 2 aromatic rings. The number of amides is 1. The van der Waals surface area contributed by atoms with Crippen LogP contribution in [0.3, 0.4) is 0 Å². The number of halogens is 2. The average molecular weight is 389 g/mol. The van der Waals surface area contributed by atoms with Crippen molar-refractivity contribution in [3.63, 3.8) is 0 Å². The molecule has 0 spiro atoms. The third-order valence-corrected chi connectivity index (χ3v) is 5.90. The molecule has 0 unspecified atom stereocenters. The van der Waals surface area contributed by atoms with Crippen LogP contribution in [0.15, 0.2) is 0 Å². The van der Waals surface area contributed by atoms with Crippen LogP contribution >= 0.6 is 34.5 Å². The van der Waals surface area contributed by atoms with E-state index in [-0.39, 0.29) is 27.5 Å². The molecule has 1 amide bonds. The molecule has 0 aliphatic carbocycles. The Morgan fingerprint density at radius 2 is 2.00 bits per heavy atom. The second kappa shape index (κ2) is 6.27. The molecule has 1 aliphatic heterocycles. The highest BCUT2D eigenvalue weighted by molar-refractivity contribution is 7.17. The molecule has 3 rings (SSSR count). The summed E-state index contributed by atoms with van der Waals surface area (Å²) >= 11 is 13.1.